The summed E-state index contributed by atoms with van der Waals surface area (Å²) in [6.07, 6.45) is 1.51. The van der Waals surface area contributed by atoms with Crippen LogP contribution < -0.4 is 15.0 Å². The Hall–Kier alpha value is -3.55. The molecule has 0 unspecified atom stereocenters. The van der Waals surface area contributed by atoms with Crippen molar-refractivity contribution in [1.82, 2.24) is 5.16 Å². The van der Waals surface area contributed by atoms with E-state index in [-0.39, 0.29) is 24.1 Å². The van der Waals surface area contributed by atoms with E-state index < -0.39 is 11.3 Å². The van der Waals surface area contributed by atoms with E-state index in [9.17, 15) is 9.59 Å². The van der Waals surface area contributed by atoms with E-state index in [1.54, 1.807) is 35.2 Å². The fourth-order valence-corrected chi connectivity index (χ4v) is 3.38. The SMILES string of the molecule is CC(C)CN1C(=O)C(C)(C)COc2ccc(NC(=O)c3cc(-c4ccco4)on3)cc21. The van der Waals surface area contributed by atoms with E-state index in [1.807, 2.05) is 13.8 Å². The van der Waals surface area contributed by atoms with Gasteiger partial charge in [0, 0.05) is 18.3 Å². The van der Waals surface area contributed by atoms with Crippen LogP contribution in [0, 0.1) is 11.3 Å². The predicted octanol–water partition coefficient (Wildman–Crippen LogP) is 4.59. The summed E-state index contributed by atoms with van der Waals surface area (Å²) in [5, 5.41) is 6.63. The maximum Gasteiger partial charge on any atom is 0.277 e. The maximum atomic E-state index is 13.2. The lowest BCUT2D eigenvalue weighted by molar-refractivity contribution is -0.127. The lowest BCUT2D eigenvalue weighted by Gasteiger charge is -2.29. The van der Waals surface area contributed by atoms with E-state index in [4.69, 9.17) is 13.7 Å². The molecule has 0 fully saturated rings. The van der Waals surface area contributed by atoms with Crippen LogP contribution in [0.5, 0.6) is 5.75 Å². The minimum Gasteiger partial charge on any atom is -0.490 e. The summed E-state index contributed by atoms with van der Waals surface area (Å²) in [5.41, 5.74) is 0.629. The predicted molar refractivity (Wildman–Crippen MR) is 115 cm³/mol. The summed E-state index contributed by atoms with van der Waals surface area (Å²) in [4.78, 5) is 27.6. The van der Waals surface area contributed by atoms with Gasteiger partial charge in [0.25, 0.3) is 5.91 Å². The number of furan rings is 1. The van der Waals surface area contributed by atoms with Crippen LogP contribution >= 0.6 is 0 Å². The number of ether oxygens (including phenoxy) is 1. The lowest BCUT2D eigenvalue weighted by Crippen LogP contribution is -2.43. The molecule has 31 heavy (non-hydrogen) atoms. The van der Waals surface area contributed by atoms with Crippen molar-refractivity contribution in [3.05, 3.63) is 48.4 Å². The number of carbonyl (C=O) groups excluding carboxylic acids is 2. The van der Waals surface area contributed by atoms with Gasteiger partial charge in [-0.05, 0) is 50.1 Å². The van der Waals surface area contributed by atoms with Gasteiger partial charge in [-0.15, -0.1) is 0 Å². The summed E-state index contributed by atoms with van der Waals surface area (Å²) in [5.74, 6) is 1.28. The monoisotopic (exact) mass is 423 g/mol. The first kappa shape index (κ1) is 20.7. The normalized spacial score (nSPS) is 15.4. The van der Waals surface area contributed by atoms with Crippen LogP contribution in [0.1, 0.15) is 38.2 Å². The first-order valence-electron chi connectivity index (χ1n) is 10.2. The zero-order chi connectivity index (χ0) is 22.2. The highest BCUT2D eigenvalue weighted by atomic mass is 16.5. The number of nitrogens with zero attached hydrogens (tertiary/aromatic N) is 2. The van der Waals surface area contributed by atoms with Gasteiger partial charge < -0.3 is 23.9 Å². The first-order chi connectivity index (χ1) is 14.7. The Bertz CT molecular complexity index is 1100. The Balaban J connectivity index is 1.60. The summed E-state index contributed by atoms with van der Waals surface area (Å²) in [6, 6.07) is 10.2. The highest BCUT2D eigenvalue weighted by molar-refractivity contribution is 6.04. The van der Waals surface area contributed by atoms with Crippen molar-refractivity contribution in [2.45, 2.75) is 27.7 Å². The van der Waals surface area contributed by atoms with E-state index in [0.717, 1.165) is 0 Å². The fourth-order valence-electron chi connectivity index (χ4n) is 3.38. The molecule has 1 aliphatic rings. The van der Waals surface area contributed by atoms with Crippen molar-refractivity contribution >= 4 is 23.2 Å². The molecule has 2 aromatic heterocycles. The third-order valence-electron chi connectivity index (χ3n) is 4.97. The van der Waals surface area contributed by atoms with Crippen molar-refractivity contribution in [3.8, 4) is 17.3 Å². The quantitative estimate of drug-likeness (QED) is 0.644. The van der Waals surface area contributed by atoms with Gasteiger partial charge in [-0.2, -0.15) is 0 Å². The Morgan fingerprint density at radius 1 is 1.23 bits per heavy atom. The summed E-state index contributed by atoms with van der Waals surface area (Å²) in [7, 11) is 0. The second kappa shape index (κ2) is 7.94. The molecule has 0 bridgehead atoms. The molecule has 3 aromatic rings. The number of fused-ring (bicyclic) bond motifs is 1. The number of hydrogen-bond donors (Lipinski definition) is 1. The van der Waals surface area contributed by atoms with Gasteiger partial charge in [-0.3, -0.25) is 9.59 Å². The van der Waals surface area contributed by atoms with E-state index in [2.05, 4.69) is 24.3 Å². The van der Waals surface area contributed by atoms with Crippen LogP contribution in [0.3, 0.4) is 0 Å². The van der Waals surface area contributed by atoms with Crippen molar-refractivity contribution in [1.29, 1.82) is 0 Å². The summed E-state index contributed by atoms with van der Waals surface area (Å²) in [6.45, 7) is 8.69. The molecule has 4 rings (SSSR count). The molecule has 162 valence electrons. The van der Waals surface area contributed by atoms with E-state index >= 15 is 0 Å². The Morgan fingerprint density at radius 3 is 2.74 bits per heavy atom. The molecule has 2 amide bonds. The average Bonchev–Trinajstić information content (AvgIpc) is 3.40. The number of aromatic nitrogens is 1. The number of amides is 2. The fraction of sp³-hybridized carbons (Fsp3) is 0.348. The van der Waals surface area contributed by atoms with Crippen LogP contribution in [0.2, 0.25) is 0 Å². The van der Waals surface area contributed by atoms with Crippen molar-refractivity contribution in [3.63, 3.8) is 0 Å². The Labute approximate surface area is 180 Å². The minimum absolute atomic E-state index is 0.0111. The molecular formula is C23H25N3O5. The Kier molecular flexibility index (Phi) is 5.31. The standard InChI is InChI=1S/C23H25N3O5/c1-14(2)12-26-17-10-15(7-8-18(17)30-13-23(3,4)22(26)28)24-21(27)16-11-20(31-25-16)19-6-5-9-29-19/h5-11,14H,12-13H2,1-4H3,(H,24,27). The third-order valence-corrected chi connectivity index (χ3v) is 4.97. The summed E-state index contributed by atoms with van der Waals surface area (Å²) < 4.78 is 16.4. The largest absolute Gasteiger partial charge is 0.490 e. The molecule has 3 heterocycles. The van der Waals surface area contributed by atoms with Crippen molar-refractivity contribution in [2.75, 3.05) is 23.4 Å². The van der Waals surface area contributed by atoms with Gasteiger partial charge >= 0.3 is 0 Å². The molecule has 1 N–H and O–H groups in total. The third kappa shape index (κ3) is 4.19. The number of carbonyl (C=O) groups is 2. The number of rotatable bonds is 5. The lowest BCUT2D eigenvalue weighted by atomic mass is 9.92. The van der Waals surface area contributed by atoms with Gasteiger partial charge in [0.2, 0.25) is 11.7 Å². The van der Waals surface area contributed by atoms with Crippen LogP contribution in [-0.4, -0.2) is 30.1 Å². The summed E-state index contributed by atoms with van der Waals surface area (Å²) >= 11 is 0. The van der Waals surface area contributed by atoms with Gasteiger partial charge in [0.1, 0.15) is 12.4 Å². The van der Waals surface area contributed by atoms with Gasteiger partial charge in [-0.25, -0.2) is 0 Å². The zero-order valence-electron chi connectivity index (χ0n) is 18.0. The number of benzene rings is 1. The molecule has 0 saturated heterocycles. The molecule has 0 radical (unpaired) electrons. The molecule has 0 spiro atoms. The Morgan fingerprint density at radius 2 is 2.03 bits per heavy atom. The highest BCUT2D eigenvalue weighted by Gasteiger charge is 2.38. The van der Waals surface area contributed by atoms with Crippen LogP contribution in [0.15, 0.2) is 51.6 Å². The molecular weight excluding hydrogens is 398 g/mol. The second-order valence-corrected chi connectivity index (χ2v) is 8.67. The molecule has 8 heteroatoms. The van der Waals surface area contributed by atoms with Crippen LogP contribution in [-0.2, 0) is 4.79 Å². The molecule has 0 saturated carbocycles. The van der Waals surface area contributed by atoms with E-state index in [0.29, 0.717) is 35.2 Å². The topological polar surface area (TPSA) is 97.8 Å². The average molecular weight is 423 g/mol. The maximum absolute atomic E-state index is 13.2. The van der Waals surface area contributed by atoms with Gasteiger partial charge in [0.05, 0.1) is 17.4 Å². The smallest absolute Gasteiger partial charge is 0.277 e. The minimum atomic E-state index is -0.652. The molecule has 8 nitrogen and oxygen atoms in total. The number of hydrogen-bond acceptors (Lipinski definition) is 6. The second-order valence-electron chi connectivity index (χ2n) is 8.67. The van der Waals surface area contributed by atoms with Crippen LogP contribution in [0.25, 0.3) is 11.5 Å². The molecule has 0 aliphatic carbocycles. The number of nitrogens with one attached hydrogen (secondary N) is 1. The molecule has 1 aromatic carbocycles. The van der Waals surface area contributed by atoms with Crippen molar-refractivity contribution < 1.29 is 23.3 Å². The van der Waals surface area contributed by atoms with Crippen molar-refractivity contribution in [2.24, 2.45) is 11.3 Å². The molecule has 0 atom stereocenters. The zero-order valence-corrected chi connectivity index (χ0v) is 18.0. The number of anilines is 2. The van der Waals surface area contributed by atoms with E-state index in [1.165, 1.54) is 12.3 Å². The highest BCUT2D eigenvalue weighted by Crippen LogP contribution is 2.38. The van der Waals surface area contributed by atoms with Crippen LogP contribution in [0.4, 0.5) is 11.4 Å². The van der Waals surface area contributed by atoms with Gasteiger partial charge in [-0.1, -0.05) is 19.0 Å². The molecule has 1 aliphatic heterocycles. The van der Waals surface area contributed by atoms with Gasteiger partial charge in [0.15, 0.2) is 11.5 Å². The first-order valence-corrected chi connectivity index (χ1v) is 10.2.